The van der Waals surface area contributed by atoms with Crippen LogP contribution in [-0.4, -0.2) is 11.2 Å². The van der Waals surface area contributed by atoms with Crippen molar-refractivity contribution >= 4 is 0 Å². The van der Waals surface area contributed by atoms with Crippen LogP contribution in [0.2, 0.25) is 0 Å². The SMILES string of the molecule is CCC(C)(C)C(O)Cc1ccccc1. The van der Waals surface area contributed by atoms with Gasteiger partial charge in [0.25, 0.3) is 0 Å². The zero-order valence-electron chi connectivity index (χ0n) is 9.33. The summed E-state index contributed by atoms with van der Waals surface area (Å²) in [6.07, 6.45) is 1.50. The average Bonchev–Trinajstić information content (AvgIpc) is 2.19. The third kappa shape index (κ3) is 2.85. The standard InChI is InChI=1S/C13H20O/c1-4-13(2,3)12(14)10-11-8-6-5-7-9-11/h5-9,12,14H,4,10H2,1-3H3. The molecule has 1 aromatic carbocycles. The van der Waals surface area contributed by atoms with Gasteiger partial charge < -0.3 is 5.11 Å². The molecule has 1 aromatic rings. The van der Waals surface area contributed by atoms with E-state index in [0.29, 0.717) is 0 Å². The molecule has 0 saturated carbocycles. The second-order valence-corrected chi connectivity index (χ2v) is 4.55. The Labute approximate surface area is 86.8 Å². The molecule has 0 saturated heterocycles. The van der Waals surface area contributed by atoms with Crippen LogP contribution in [0.4, 0.5) is 0 Å². The number of hydrogen-bond acceptors (Lipinski definition) is 1. The summed E-state index contributed by atoms with van der Waals surface area (Å²) in [5.41, 5.74) is 1.22. The Bertz CT molecular complexity index is 264. The zero-order chi connectivity index (χ0) is 10.6. The molecule has 78 valence electrons. The van der Waals surface area contributed by atoms with Gasteiger partial charge in [0.05, 0.1) is 6.10 Å². The van der Waals surface area contributed by atoms with Crippen LogP contribution in [0.15, 0.2) is 30.3 Å². The molecule has 1 rings (SSSR count). The smallest absolute Gasteiger partial charge is 0.0631 e. The van der Waals surface area contributed by atoms with Crippen molar-refractivity contribution in [3.8, 4) is 0 Å². The van der Waals surface area contributed by atoms with Gasteiger partial charge in [-0.15, -0.1) is 0 Å². The molecule has 0 aliphatic rings. The van der Waals surface area contributed by atoms with Gasteiger partial charge >= 0.3 is 0 Å². The van der Waals surface area contributed by atoms with Gasteiger partial charge in [0.15, 0.2) is 0 Å². The summed E-state index contributed by atoms with van der Waals surface area (Å²) in [5.74, 6) is 0. The van der Waals surface area contributed by atoms with Gasteiger partial charge in [-0.2, -0.15) is 0 Å². The first kappa shape index (κ1) is 11.3. The van der Waals surface area contributed by atoms with Crippen LogP contribution in [0, 0.1) is 5.41 Å². The summed E-state index contributed by atoms with van der Waals surface area (Å²) < 4.78 is 0. The van der Waals surface area contributed by atoms with Crippen molar-refractivity contribution in [2.24, 2.45) is 5.41 Å². The van der Waals surface area contributed by atoms with Gasteiger partial charge in [-0.3, -0.25) is 0 Å². The van der Waals surface area contributed by atoms with Crippen molar-refractivity contribution in [3.05, 3.63) is 35.9 Å². The molecule has 0 fully saturated rings. The molecule has 0 aliphatic carbocycles. The van der Waals surface area contributed by atoms with E-state index in [1.807, 2.05) is 18.2 Å². The van der Waals surface area contributed by atoms with Gasteiger partial charge in [-0.1, -0.05) is 51.1 Å². The van der Waals surface area contributed by atoms with E-state index in [1.54, 1.807) is 0 Å². The molecule has 1 N–H and O–H groups in total. The molecule has 0 heterocycles. The third-order valence-electron chi connectivity index (χ3n) is 3.09. The lowest BCUT2D eigenvalue weighted by Crippen LogP contribution is -2.30. The second kappa shape index (κ2) is 4.61. The Kier molecular flexibility index (Phi) is 3.70. The van der Waals surface area contributed by atoms with Crippen molar-refractivity contribution in [1.82, 2.24) is 0 Å². The van der Waals surface area contributed by atoms with E-state index in [9.17, 15) is 5.11 Å². The normalized spacial score (nSPS) is 14.0. The minimum atomic E-state index is -0.255. The molecule has 1 heteroatoms. The lowest BCUT2D eigenvalue weighted by atomic mass is 9.81. The van der Waals surface area contributed by atoms with Crippen molar-refractivity contribution in [1.29, 1.82) is 0 Å². The highest BCUT2D eigenvalue weighted by molar-refractivity contribution is 5.15. The van der Waals surface area contributed by atoms with E-state index in [-0.39, 0.29) is 11.5 Å². The third-order valence-corrected chi connectivity index (χ3v) is 3.09. The monoisotopic (exact) mass is 192 g/mol. The van der Waals surface area contributed by atoms with Gasteiger partial charge in [0, 0.05) is 0 Å². The Balaban J connectivity index is 2.62. The molecular formula is C13H20O. The molecule has 0 aromatic heterocycles. The first-order chi connectivity index (χ1) is 6.56. The summed E-state index contributed by atoms with van der Waals surface area (Å²) in [6, 6.07) is 10.2. The molecule has 0 spiro atoms. The Morgan fingerprint density at radius 2 is 1.79 bits per heavy atom. The summed E-state index contributed by atoms with van der Waals surface area (Å²) >= 11 is 0. The maximum Gasteiger partial charge on any atom is 0.0631 e. The lowest BCUT2D eigenvalue weighted by Gasteiger charge is -2.29. The highest BCUT2D eigenvalue weighted by Crippen LogP contribution is 2.26. The predicted octanol–water partition coefficient (Wildman–Crippen LogP) is 3.03. The van der Waals surface area contributed by atoms with E-state index in [2.05, 4.69) is 32.9 Å². The molecular weight excluding hydrogens is 172 g/mol. The summed E-state index contributed by atoms with van der Waals surface area (Å²) in [5, 5.41) is 10.0. The Morgan fingerprint density at radius 1 is 1.21 bits per heavy atom. The highest BCUT2D eigenvalue weighted by Gasteiger charge is 2.25. The van der Waals surface area contributed by atoms with E-state index < -0.39 is 0 Å². The van der Waals surface area contributed by atoms with Crippen molar-refractivity contribution in [3.63, 3.8) is 0 Å². The zero-order valence-corrected chi connectivity index (χ0v) is 9.33. The number of aliphatic hydroxyl groups is 1. The summed E-state index contributed by atoms with van der Waals surface area (Å²) in [6.45, 7) is 6.34. The lowest BCUT2D eigenvalue weighted by molar-refractivity contribution is 0.0479. The van der Waals surface area contributed by atoms with E-state index in [1.165, 1.54) is 5.56 Å². The van der Waals surface area contributed by atoms with Gasteiger partial charge in [-0.25, -0.2) is 0 Å². The van der Waals surface area contributed by atoms with Gasteiger partial charge in [-0.05, 0) is 23.8 Å². The van der Waals surface area contributed by atoms with Crippen LogP contribution < -0.4 is 0 Å². The molecule has 0 aliphatic heterocycles. The first-order valence-corrected chi connectivity index (χ1v) is 5.28. The maximum atomic E-state index is 10.0. The summed E-state index contributed by atoms with van der Waals surface area (Å²) in [7, 11) is 0. The number of rotatable bonds is 4. The largest absolute Gasteiger partial charge is 0.392 e. The topological polar surface area (TPSA) is 20.2 Å². The van der Waals surface area contributed by atoms with E-state index in [4.69, 9.17) is 0 Å². The molecule has 1 nitrogen and oxygen atoms in total. The molecule has 0 bridgehead atoms. The number of benzene rings is 1. The van der Waals surface area contributed by atoms with Gasteiger partial charge in [0.1, 0.15) is 0 Å². The van der Waals surface area contributed by atoms with Crippen molar-refractivity contribution in [2.75, 3.05) is 0 Å². The number of aliphatic hydroxyl groups excluding tert-OH is 1. The fourth-order valence-electron chi connectivity index (χ4n) is 1.35. The molecule has 1 unspecified atom stereocenters. The van der Waals surface area contributed by atoms with Crippen molar-refractivity contribution < 1.29 is 5.11 Å². The molecule has 0 amide bonds. The predicted molar refractivity (Wildman–Crippen MR) is 60.2 cm³/mol. The Morgan fingerprint density at radius 3 is 2.29 bits per heavy atom. The van der Waals surface area contributed by atoms with Crippen LogP contribution in [-0.2, 0) is 6.42 Å². The highest BCUT2D eigenvalue weighted by atomic mass is 16.3. The van der Waals surface area contributed by atoms with Crippen LogP contribution in [0.3, 0.4) is 0 Å². The number of hydrogen-bond donors (Lipinski definition) is 1. The second-order valence-electron chi connectivity index (χ2n) is 4.55. The van der Waals surface area contributed by atoms with Crippen LogP contribution in [0.5, 0.6) is 0 Å². The van der Waals surface area contributed by atoms with Crippen LogP contribution >= 0.6 is 0 Å². The summed E-state index contributed by atoms with van der Waals surface area (Å²) in [4.78, 5) is 0. The molecule has 0 radical (unpaired) electrons. The quantitative estimate of drug-likeness (QED) is 0.777. The fourth-order valence-corrected chi connectivity index (χ4v) is 1.35. The van der Waals surface area contributed by atoms with E-state index >= 15 is 0 Å². The van der Waals surface area contributed by atoms with Crippen LogP contribution in [0.1, 0.15) is 32.8 Å². The maximum absolute atomic E-state index is 10.0. The van der Waals surface area contributed by atoms with Crippen LogP contribution in [0.25, 0.3) is 0 Å². The Hall–Kier alpha value is -0.820. The van der Waals surface area contributed by atoms with E-state index in [0.717, 1.165) is 12.8 Å². The minimum absolute atomic E-state index is 0.00976. The molecule has 14 heavy (non-hydrogen) atoms. The first-order valence-electron chi connectivity index (χ1n) is 5.28. The molecule has 1 atom stereocenters. The van der Waals surface area contributed by atoms with Crippen molar-refractivity contribution in [2.45, 2.75) is 39.7 Å². The fraction of sp³-hybridized carbons (Fsp3) is 0.538. The average molecular weight is 192 g/mol. The minimum Gasteiger partial charge on any atom is -0.392 e. The van der Waals surface area contributed by atoms with Gasteiger partial charge in [0.2, 0.25) is 0 Å².